The average Bonchev–Trinajstić information content (AvgIpc) is 2.17. The molecule has 1 aliphatic heterocycles. The van der Waals surface area contributed by atoms with E-state index in [9.17, 15) is 5.11 Å². The average molecular weight is 186 g/mol. The molecule has 76 valence electrons. The molecule has 4 nitrogen and oxygen atoms in total. The van der Waals surface area contributed by atoms with Crippen LogP contribution in [0.4, 0.5) is 0 Å². The highest BCUT2D eigenvalue weighted by atomic mass is 16.7. The van der Waals surface area contributed by atoms with Crippen molar-refractivity contribution < 1.29 is 9.94 Å². The third kappa shape index (κ3) is 3.08. The van der Waals surface area contributed by atoms with Gasteiger partial charge in [-0.15, -0.1) is 6.58 Å². The lowest BCUT2D eigenvalue weighted by atomic mass is 10.0. The van der Waals surface area contributed by atoms with E-state index in [0.717, 1.165) is 13.1 Å². The van der Waals surface area contributed by atoms with Gasteiger partial charge in [0, 0.05) is 25.9 Å². The zero-order valence-electron chi connectivity index (χ0n) is 8.12. The predicted octanol–water partition coefficient (Wildman–Crippen LogP) is 0.108. The molecule has 1 heterocycles. The Bertz CT molecular complexity index is 165. The number of piperidine rings is 1. The summed E-state index contributed by atoms with van der Waals surface area (Å²) in [5.41, 5.74) is -0.700. The third-order valence-corrected chi connectivity index (χ3v) is 2.39. The van der Waals surface area contributed by atoms with Crippen LogP contribution in [0.3, 0.4) is 0 Å². The van der Waals surface area contributed by atoms with Gasteiger partial charge in [-0.05, 0) is 7.05 Å². The van der Waals surface area contributed by atoms with Crippen molar-refractivity contribution in [2.24, 2.45) is 0 Å². The minimum atomic E-state index is -0.700. The monoisotopic (exact) mass is 186 g/mol. The van der Waals surface area contributed by atoms with Crippen molar-refractivity contribution in [2.75, 3.05) is 26.7 Å². The third-order valence-electron chi connectivity index (χ3n) is 2.39. The maximum Gasteiger partial charge on any atom is 0.118 e. The highest BCUT2D eigenvalue weighted by molar-refractivity contribution is 4.80. The minimum Gasteiger partial charge on any atom is -0.376 e. The Labute approximate surface area is 79.1 Å². The molecule has 0 saturated carbocycles. The van der Waals surface area contributed by atoms with E-state index in [-0.39, 0.29) is 0 Å². The van der Waals surface area contributed by atoms with Gasteiger partial charge in [0.2, 0.25) is 0 Å². The van der Waals surface area contributed by atoms with Gasteiger partial charge in [-0.2, -0.15) is 5.06 Å². The summed E-state index contributed by atoms with van der Waals surface area (Å²) in [6, 6.07) is 0. The second kappa shape index (κ2) is 4.72. The van der Waals surface area contributed by atoms with Gasteiger partial charge >= 0.3 is 0 Å². The molecule has 0 radical (unpaired) electrons. The summed E-state index contributed by atoms with van der Waals surface area (Å²) in [5.74, 6) is 0. The van der Waals surface area contributed by atoms with Gasteiger partial charge in [0.25, 0.3) is 0 Å². The van der Waals surface area contributed by atoms with Crippen LogP contribution in [-0.2, 0) is 4.84 Å². The first-order chi connectivity index (χ1) is 6.20. The summed E-state index contributed by atoms with van der Waals surface area (Å²) >= 11 is 0. The van der Waals surface area contributed by atoms with E-state index in [1.54, 1.807) is 13.1 Å². The smallest absolute Gasteiger partial charge is 0.118 e. The van der Waals surface area contributed by atoms with Crippen molar-refractivity contribution in [3.63, 3.8) is 0 Å². The van der Waals surface area contributed by atoms with E-state index < -0.39 is 5.72 Å². The molecule has 0 aromatic rings. The van der Waals surface area contributed by atoms with Crippen LogP contribution in [0.1, 0.15) is 12.8 Å². The first-order valence-corrected chi connectivity index (χ1v) is 4.60. The van der Waals surface area contributed by atoms with Crippen molar-refractivity contribution in [3.05, 3.63) is 12.7 Å². The van der Waals surface area contributed by atoms with Crippen LogP contribution in [0.25, 0.3) is 0 Å². The van der Waals surface area contributed by atoms with Gasteiger partial charge in [0.1, 0.15) is 5.72 Å². The maximum atomic E-state index is 9.81. The minimum absolute atomic E-state index is 0.540. The zero-order chi connectivity index (χ0) is 9.73. The topological polar surface area (TPSA) is 44.7 Å². The Hall–Kier alpha value is -0.420. The zero-order valence-corrected chi connectivity index (χ0v) is 8.12. The van der Waals surface area contributed by atoms with Crippen LogP contribution < -0.4 is 5.32 Å². The van der Waals surface area contributed by atoms with Gasteiger partial charge in [0.15, 0.2) is 0 Å². The largest absolute Gasteiger partial charge is 0.376 e. The SMILES string of the molecule is C=CCON1CCC(O)(NC)CC1. The number of aliphatic hydroxyl groups is 1. The molecule has 13 heavy (non-hydrogen) atoms. The first kappa shape index (κ1) is 10.7. The Balaban J connectivity index is 2.26. The second-order valence-electron chi connectivity index (χ2n) is 3.30. The van der Waals surface area contributed by atoms with E-state index in [4.69, 9.17) is 4.84 Å². The standard InChI is InChI=1S/C9H18N2O2/c1-3-8-13-11-6-4-9(12,10-2)5-7-11/h3,10,12H,1,4-8H2,2H3. The molecular weight excluding hydrogens is 168 g/mol. The van der Waals surface area contributed by atoms with Crippen molar-refractivity contribution in [2.45, 2.75) is 18.6 Å². The summed E-state index contributed by atoms with van der Waals surface area (Å²) in [6.07, 6.45) is 3.11. The van der Waals surface area contributed by atoms with Crippen LogP contribution in [0.2, 0.25) is 0 Å². The Morgan fingerprint density at radius 3 is 2.69 bits per heavy atom. The lowest BCUT2D eigenvalue weighted by Gasteiger charge is -2.36. The molecule has 0 aromatic carbocycles. The van der Waals surface area contributed by atoms with E-state index >= 15 is 0 Å². The lowest BCUT2D eigenvalue weighted by molar-refractivity contribution is -0.190. The van der Waals surface area contributed by atoms with Gasteiger partial charge in [-0.3, -0.25) is 10.2 Å². The molecule has 2 N–H and O–H groups in total. The van der Waals surface area contributed by atoms with Crippen LogP contribution >= 0.6 is 0 Å². The number of rotatable bonds is 4. The molecule has 0 unspecified atom stereocenters. The highest BCUT2D eigenvalue weighted by Gasteiger charge is 2.30. The molecule has 1 rings (SSSR count). The van der Waals surface area contributed by atoms with Crippen LogP contribution in [0, 0.1) is 0 Å². The predicted molar refractivity (Wildman–Crippen MR) is 51.0 cm³/mol. The van der Waals surface area contributed by atoms with E-state index in [2.05, 4.69) is 11.9 Å². The fourth-order valence-electron chi connectivity index (χ4n) is 1.39. The fraction of sp³-hybridized carbons (Fsp3) is 0.778. The molecule has 1 fully saturated rings. The molecule has 0 atom stereocenters. The van der Waals surface area contributed by atoms with Gasteiger partial charge in [0.05, 0.1) is 6.61 Å². The van der Waals surface area contributed by atoms with Crippen molar-refractivity contribution in [1.29, 1.82) is 0 Å². The fourth-order valence-corrected chi connectivity index (χ4v) is 1.39. The summed E-state index contributed by atoms with van der Waals surface area (Å²) in [4.78, 5) is 5.35. The molecule has 0 spiro atoms. The Kier molecular flexibility index (Phi) is 3.87. The van der Waals surface area contributed by atoms with E-state index in [1.807, 2.05) is 5.06 Å². The Morgan fingerprint density at radius 1 is 1.62 bits per heavy atom. The number of nitrogens with one attached hydrogen (secondary N) is 1. The quantitative estimate of drug-likeness (QED) is 0.483. The normalized spacial score (nSPS) is 22.9. The highest BCUT2D eigenvalue weighted by Crippen LogP contribution is 2.18. The molecular formula is C9H18N2O2. The molecule has 0 aliphatic carbocycles. The molecule has 0 aromatic heterocycles. The van der Waals surface area contributed by atoms with Crippen LogP contribution in [0.5, 0.6) is 0 Å². The maximum absolute atomic E-state index is 9.81. The number of hydrogen-bond acceptors (Lipinski definition) is 4. The van der Waals surface area contributed by atoms with Gasteiger partial charge < -0.3 is 5.11 Å². The van der Waals surface area contributed by atoms with Crippen molar-refractivity contribution >= 4 is 0 Å². The second-order valence-corrected chi connectivity index (χ2v) is 3.30. The number of nitrogens with zero attached hydrogens (tertiary/aromatic N) is 1. The van der Waals surface area contributed by atoms with Gasteiger partial charge in [-0.1, -0.05) is 6.08 Å². The Morgan fingerprint density at radius 2 is 2.23 bits per heavy atom. The number of hydrogen-bond donors (Lipinski definition) is 2. The number of hydroxylamine groups is 2. The van der Waals surface area contributed by atoms with Crippen LogP contribution in [-0.4, -0.2) is 42.6 Å². The van der Waals surface area contributed by atoms with Crippen LogP contribution in [0.15, 0.2) is 12.7 Å². The molecule has 0 amide bonds. The molecule has 4 heteroatoms. The van der Waals surface area contributed by atoms with Crippen molar-refractivity contribution in [1.82, 2.24) is 10.4 Å². The van der Waals surface area contributed by atoms with Crippen molar-refractivity contribution in [3.8, 4) is 0 Å². The first-order valence-electron chi connectivity index (χ1n) is 4.60. The van der Waals surface area contributed by atoms with Gasteiger partial charge in [-0.25, -0.2) is 0 Å². The van der Waals surface area contributed by atoms with E-state index in [0.29, 0.717) is 19.4 Å². The molecule has 1 saturated heterocycles. The summed E-state index contributed by atoms with van der Waals surface area (Å²) in [5, 5.41) is 14.6. The summed E-state index contributed by atoms with van der Waals surface area (Å²) in [7, 11) is 1.78. The molecule has 1 aliphatic rings. The summed E-state index contributed by atoms with van der Waals surface area (Å²) in [6.45, 7) is 5.63. The van der Waals surface area contributed by atoms with E-state index in [1.165, 1.54) is 0 Å². The molecule has 0 bridgehead atoms. The lowest BCUT2D eigenvalue weighted by Crippen LogP contribution is -2.51. The summed E-state index contributed by atoms with van der Waals surface area (Å²) < 4.78 is 0.